The molecule has 0 amide bonds. The minimum atomic E-state index is -1.91. The third-order valence-electron chi connectivity index (χ3n) is 5.34. The summed E-state index contributed by atoms with van der Waals surface area (Å²) >= 11 is 4.19. The molecule has 0 aliphatic rings. The number of benzene rings is 2. The quantitative estimate of drug-likeness (QED) is 0.126. The van der Waals surface area contributed by atoms with E-state index in [9.17, 15) is 4.21 Å². The number of unbranched alkanes of at least 4 members (excludes halogenated alkanes) is 9. The van der Waals surface area contributed by atoms with Gasteiger partial charge in [0.25, 0.3) is 0 Å². The number of ether oxygens (including phenoxy) is 1. The average molecular weight is 517 g/mol. The van der Waals surface area contributed by atoms with Crippen LogP contribution in [0.1, 0.15) is 71.1 Å². The van der Waals surface area contributed by atoms with Crippen molar-refractivity contribution in [3.8, 4) is 11.5 Å². The van der Waals surface area contributed by atoms with Crippen molar-refractivity contribution in [3.05, 3.63) is 64.3 Å². The molecule has 0 radical (unpaired) electrons. The van der Waals surface area contributed by atoms with Crippen LogP contribution >= 0.6 is 11.6 Å². The second-order valence-electron chi connectivity index (χ2n) is 8.09. The van der Waals surface area contributed by atoms with E-state index in [-0.39, 0.29) is 16.4 Å². The van der Waals surface area contributed by atoms with E-state index in [1.165, 1.54) is 69.9 Å². The van der Waals surface area contributed by atoms with E-state index in [2.05, 4.69) is 26.9 Å². The van der Waals surface area contributed by atoms with Crippen LogP contribution in [0.4, 0.5) is 17.1 Å². The van der Waals surface area contributed by atoms with Crippen LogP contribution in [0.5, 0.6) is 11.5 Å². The van der Waals surface area contributed by atoms with E-state index >= 15 is 0 Å². The van der Waals surface area contributed by atoms with Crippen LogP contribution in [-0.4, -0.2) is 10.8 Å². The molecule has 9 heteroatoms. The first-order valence-electron chi connectivity index (χ1n) is 12.0. The first-order chi connectivity index (χ1) is 17.1. The van der Waals surface area contributed by atoms with Gasteiger partial charge in [-0.05, 0) is 42.8 Å². The largest absolute Gasteiger partial charge is 0.494 e. The highest BCUT2D eigenvalue weighted by molar-refractivity contribution is 7.78. The van der Waals surface area contributed by atoms with Crippen LogP contribution in [0, 0.1) is 13.1 Å². The minimum Gasteiger partial charge on any atom is -0.494 e. The zero-order valence-corrected chi connectivity index (χ0v) is 21.7. The van der Waals surface area contributed by atoms with Gasteiger partial charge < -0.3 is 14.3 Å². The molecule has 35 heavy (non-hydrogen) atoms. The number of hydrazine groups is 1. The van der Waals surface area contributed by atoms with E-state index < -0.39 is 11.3 Å². The van der Waals surface area contributed by atoms with Gasteiger partial charge in [0, 0.05) is 0 Å². The molecule has 7 nitrogen and oxygen atoms in total. The lowest BCUT2D eigenvalue weighted by atomic mass is 10.1. The lowest BCUT2D eigenvalue weighted by Gasteiger charge is -2.11. The van der Waals surface area contributed by atoms with Crippen molar-refractivity contribution < 1.29 is 13.1 Å². The SMILES string of the molecule is [C-]#[N+]c1cc(Cl)c(NNS(=O)Oc2ccc(OCCCCCCCCCCCC)cc2)cc1[N+]#[C-]. The Morgan fingerprint density at radius 2 is 1.40 bits per heavy atom. The molecular weight excluding hydrogens is 484 g/mol. The molecule has 0 bridgehead atoms. The van der Waals surface area contributed by atoms with Crippen molar-refractivity contribution in [2.45, 2.75) is 71.1 Å². The third kappa shape index (κ3) is 11.0. The number of halogens is 1. The first-order valence-corrected chi connectivity index (χ1v) is 13.5. The van der Waals surface area contributed by atoms with Gasteiger partial charge in [0.15, 0.2) is 11.4 Å². The summed E-state index contributed by atoms with van der Waals surface area (Å²) in [5.41, 5.74) is 3.28. The Labute approximate surface area is 216 Å². The van der Waals surface area contributed by atoms with Gasteiger partial charge in [-0.15, -0.1) is 4.83 Å². The molecule has 1 unspecified atom stereocenters. The highest BCUT2D eigenvalue weighted by Gasteiger charge is 2.10. The van der Waals surface area contributed by atoms with Crippen molar-refractivity contribution in [1.29, 1.82) is 0 Å². The molecule has 0 spiro atoms. The van der Waals surface area contributed by atoms with Crippen LogP contribution in [0.3, 0.4) is 0 Å². The van der Waals surface area contributed by atoms with Crippen molar-refractivity contribution in [1.82, 2.24) is 4.83 Å². The molecule has 2 aromatic rings. The van der Waals surface area contributed by atoms with Gasteiger partial charge in [-0.1, -0.05) is 76.3 Å². The van der Waals surface area contributed by atoms with E-state index in [0.29, 0.717) is 18.0 Å². The third-order valence-corrected chi connectivity index (χ3v) is 6.26. The number of hydrogen-bond acceptors (Lipinski definition) is 4. The Balaban J connectivity index is 1.63. The normalized spacial score (nSPS) is 11.3. The van der Waals surface area contributed by atoms with Gasteiger partial charge in [0.1, 0.15) is 11.5 Å². The lowest BCUT2D eigenvalue weighted by molar-refractivity contribution is 0.304. The van der Waals surface area contributed by atoms with E-state index in [1.54, 1.807) is 24.3 Å². The van der Waals surface area contributed by atoms with Crippen molar-refractivity contribution in [3.63, 3.8) is 0 Å². The minimum absolute atomic E-state index is 0.147. The molecule has 0 aliphatic carbocycles. The summed E-state index contributed by atoms with van der Waals surface area (Å²) in [6.45, 7) is 17.1. The van der Waals surface area contributed by atoms with Gasteiger partial charge in [0.05, 0.1) is 30.5 Å². The highest BCUT2D eigenvalue weighted by Crippen LogP contribution is 2.36. The van der Waals surface area contributed by atoms with Gasteiger partial charge in [0.2, 0.25) is 0 Å². The molecule has 0 heterocycles. The fourth-order valence-electron chi connectivity index (χ4n) is 3.40. The Morgan fingerprint density at radius 3 is 2.00 bits per heavy atom. The summed E-state index contributed by atoms with van der Waals surface area (Å²) < 4.78 is 23.3. The fourth-order valence-corrected chi connectivity index (χ4v) is 4.13. The monoisotopic (exact) mass is 516 g/mol. The fraction of sp³-hybridized carbons (Fsp3) is 0.462. The Bertz CT molecular complexity index is 1020. The molecule has 0 aliphatic heterocycles. The summed E-state index contributed by atoms with van der Waals surface area (Å²) in [6, 6.07) is 9.71. The van der Waals surface area contributed by atoms with Crippen LogP contribution in [0.2, 0.25) is 5.02 Å². The van der Waals surface area contributed by atoms with Gasteiger partial charge >= 0.3 is 11.3 Å². The molecule has 0 saturated heterocycles. The Hall–Kier alpha value is -2.78. The van der Waals surface area contributed by atoms with Gasteiger partial charge in [-0.25, -0.2) is 0 Å². The van der Waals surface area contributed by atoms with Crippen LogP contribution in [0.25, 0.3) is 9.69 Å². The van der Waals surface area contributed by atoms with E-state index in [1.807, 2.05) is 0 Å². The maximum absolute atomic E-state index is 12.2. The predicted molar refractivity (Wildman–Crippen MR) is 143 cm³/mol. The second kappa shape index (κ2) is 16.8. The van der Waals surface area contributed by atoms with Crippen LogP contribution in [-0.2, 0) is 11.3 Å². The molecule has 188 valence electrons. The number of anilines is 1. The summed E-state index contributed by atoms with van der Waals surface area (Å²) in [7, 11) is 0. The van der Waals surface area contributed by atoms with Crippen LogP contribution < -0.4 is 19.2 Å². The molecule has 2 aromatic carbocycles. The average Bonchev–Trinajstić information content (AvgIpc) is 2.87. The van der Waals surface area contributed by atoms with E-state index in [0.717, 1.165) is 12.2 Å². The zero-order valence-electron chi connectivity index (χ0n) is 20.1. The smallest absolute Gasteiger partial charge is 0.306 e. The predicted octanol–water partition coefficient (Wildman–Crippen LogP) is 8.32. The number of hydrogen-bond donors (Lipinski definition) is 2. The zero-order chi connectivity index (χ0) is 25.3. The second-order valence-corrected chi connectivity index (χ2v) is 9.34. The Morgan fingerprint density at radius 1 is 0.857 bits per heavy atom. The summed E-state index contributed by atoms with van der Waals surface area (Å²) in [6.07, 6.45) is 12.9. The van der Waals surface area contributed by atoms with Crippen molar-refractivity contribution >= 4 is 39.9 Å². The molecule has 0 saturated carbocycles. The summed E-state index contributed by atoms with van der Waals surface area (Å²) in [4.78, 5) is 9.02. The van der Waals surface area contributed by atoms with Gasteiger partial charge in [-0.3, -0.25) is 9.69 Å². The highest BCUT2D eigenvalue weighted by atomic mass is 35.5. The lowest BCUT2D eigenvalue weighted by Crippen LogP contribution is -2.27. The van der Waals surface area contributed by atoms with Crippen molar-refractivity contribution in [2.24, 2.45) is 0 Å². The summed E-state index contributed by atoms with van der Waals surface area (Å²) in [5, 5.41) is 0.219. The first kappa shape index (κ1) is 28.5. The molecule has 2 rings (SSSR count). The molecule has 1 atom stereocenters. The Kier molecular flexibility index (Phi) is 13.6. The molecule has 2 N–H and O–H groups in total. The number of nitrogens with zero attached hydrogens (tertiary/aromatic N) is 2. The number of rotatable bonds is 17. The molecule has 0 aromatic heterocycles. The number of nitrogens with one attached hydrogen (secondary N) is 2. The molecule has 0 fully saturated rings. The standard InChI is InChI=1S/C26H33ClN4O3S/c1-4-5-6-7-8-9-10-11-12-13-18-33-21-14-16-22(17-15-21)34-35(32)31-30-24-20-26(29-3)25(28-2)19-23(24)27/h14-17,19-20,30-31H,4-13,18H2,1H3. The topological polar surface area (TPSA) is 68.3 Å². The van der Waals surface area contributed by atoms with Gasteiger partial charge in [-0.2, -0.15) is 4.21 Å². The van der Waals surface area contributed by atoms with Crippen LogP contribution in [0.15, 0.2) is 36.4 Å². The molecular formula is C26H33ClN4O3S. The maximum atomic E-state index is 12.2. The van der Waals surface area contributed by atoms with E-state index in [4.69, 9.17) is 33.7 Å². The van der Waals surface area contributed by atoms with Crippen molar-refractivity contribution in [2.75, 3.05) is 12.0 Å². The maximum Gasteiger partial charge on any atom is 0.306 e. The summed E-state index contributed by atoms with van der Waals surface area (Å²) in [5.74, 6) is 1.14.